The summed E-state index contributed by atoms with van der Waals surface area (Å²) in [7, 11) is 0. The summed E-state index contributed by atoms with van der Waals surface area (Å²) >= 11 is 0. The van der Waals surface area contributed by atoms with Crippen molar-refractivity contribution >= 4 is 16.9 Å². The molecule has 0 amide bonds. The maximum absolute atomic E-state index is 4.32. The Hall–Kier alpha value is -2.43. The van der Waals surface area contributed by atoms with Crippen LogP contribution in [0, 0.1) is 6.92 Å². The third kappa shape index (κ3) is 2.27. The molecule has 96 valence electrons. The van der Waals surface area contributed by atoms with E-state index >= 15 is 0 Å². The minimum absolute atomic E-state index is 0.141. The molecular weight excluding hydrogens is 238 g/mol. The van der Waals surface area contributed by atoms with E-state index in [0.29, 0.717) is 0 Å². The first-order chi connectivity index (χ1) is 9.24. The van der Waals surface area contributed by atoms with Crippen molar-refractivity contribution in [1.29, 1.82) is 0 Å². The molecule has 19 heavy (non-hydrogen) atoms. The number of aromatic nitrogens is 4. The first-order valence-electron chi connectivity index (χ1n) is 6.21. The number of anilines is 1. The van der Waals surface area contributed by atoms with Gasteiger partial charge in [-0.2, -0.15) is 0 Å². The van der Waals surface area contributed by atoms with Crippen LogP contribution in [0.15, 0.2) is 36.9 Å². The third-order valence-electron chi connectivity index (χ3n) is 3.10. The number of fused-ring (bicyclic) bond motifs is 1. The summed E-state index contributed by atoms with van der Waals surface area (Å²) in [5, 5.41) is 4.41. The van der Waals surface area contributed by atoms with Crippen LogP contribution in [-0.4, -0.2) is 19.9 Å². The molecule has 5 nitrogen and oxygen atoms in total. The van der Waals surface area contributed by atoms with Crippen LogP contribution in [0.1, 0.15) is 24.2 Å². The number of hydrogen-bond acceptors (Lipinski definition) is 4. The Balaban J connectivity index is 1.93. The van der Waals surface area contributed by atoms with Crippen molar-refractivity contribution in [3.63, 3.8) is 0 Å². The van der Waals surface area contributed by atoms with E-state index in [9.17, 15) is 0 Å². The molecule has 0 aromatic carbocycles. The van der Waals surface area contributed by atoms with Gasteiger partial charge in [-0.15, -0.1) is 0 Å². The summed E-state index contributed by atoms with van der Waals surface area (Å²) in [4.78, 5) is 15.9. The van der Waals surface area contributed by atoms with Crippen molar-refractivity contribution in [2.45, 2.75) is 19.9 Å². The molecule has 3 heterocycles. The van der Waals surface area contributed by atoms with Crippen molar-refractivity contribution in [3.8, 4) is 0 Å². The zero-order valence-corrected chi connectivity index (χ0v) is 10.9. The summed E-state index contributed by atoms with van der Waals surface area (Å²) in [6.07, 6.45) is 5.20. The predicted molar refractivity (Wildman–Crippen MR) is 74.9 cm³/mol. The standard InChI is InChI=1S/C14H15N5/c1-9-6-12-13(18-9)16-8-17-14(12)19-10(2)11-4-3-5-15-7-11/h3-8,10H,1-2H3,(H2,16,17,18,19)/t10-/m0/s1. The van der Waals surface area contributed by atoms with Crippen LogP contribution in [0.4, 0.5) is 5.82 Å². The minimum atomic E-state index is 0.141. The molecular formula is C14H15N5. The molecule has 0 fully saturated rings. The van der Waals surface area contributed by atoms with Gasteiger partial charge in [-0.25, -0.2) is 9.97 Å². The van der Waals surface area contributed by atoms with Crippen LogP contribution in [0.25, 0.3) is 11.0 Å². The number of nitrogens with one attached hydrogen (secondary N) is 2. The van der Waals surface area contributed by atoms with Gasteiger partial charge in [-0.05, 0) is 31.5 Å². The Morgan fingerprint density at radius 1 is 1.32 bits per heavy atom. The van der Waals surface area contributed by atoms with Crippen molar-refractivity contribution < 1.29 is 0 Å². The molecule has 0 bridgehead atoms. The van der Waals surface area contributed by atoms with Gasteiger partial charge in [0.2, 0.25) is 0 Å². The van der Waals surface area contributed by atoms with Gasteiger partial charge in [0.1, 0.15) is 17.8 Å². The lowest BCUT2D eigenvalue weighted by atomic mass is 10.1. The highest BCUT2D eigenvalue weighted by Gasteiger charge is 2.10. The lowest BCUT2D eigenvalue weighted by Crippen LogP contribution is -2.08. The SMILES string of the molecule is Cc1cc2c(N[C@@H](C)c3cccnc3)ncnc2[nH]1. The van der Waals surface area contributed by atoms with Crippen LogP contribution in [0.2, 0.25) is 0 Å². The Labute approximate surface area is 111 Å². The van der Waals surface area contributed by atoms with Crippen LogP contribution >= 0.6 is 0 Å². The van der Waals surface area contributed by atoms with E-state index in [1.165, 1.54) is 0 Å². The number of pyridine rings is 1. The average Bonchev–Trinajstić information content (AvgIpc) is 2.81. The molecule has 0 aliphatic heterocycles. The number of aromatic amines is 1. The number of rotatable bonds is 3. The smallest absolute Gasteiger partial charge is 0.143 e. The fourth-order valence-electron chi connectivity index (χ4n) is 2.11. The van der Waals surface area contributed by atoms with E-state index in [0.717, 1.165) is 28.1 Å². The Bertz CT molecular complexity index is 689. The number of nitrogens with zero attached hydrogens (tertiary/aromatic N) is 3. The Kier molecular flexibility index (Phi) is 2.87. The van der Waals surface area contributed by atoms with Gasteiger partial charge in [0, 0.05) is 18.1 Å². The number of aryl methyl sites for hydroxylation is 1. The van der Waals surface area contributed by atoms with E-state index in [-0.39, 0.29) is 6.04 Å². The van der Waals surface area contributed by atoms with Crippen LogP contribution < -0.4 is 5.32 Å². The van der Waals surface area contributed by atoms with E-state index in [1.807, 2.05) is 31.3 Å². The lowest BCUT2D eigenvalue weighted by Gasteiger charge is -2.14. The largest absolute Gasteiger partial charge is 0.363 e. The molecule has 0 saturated heterocycles. The topological polar surface area (TPSA) is 66.5 Å². The van der Waals surface area contributed by atoms with Crippen molar-refractivity contribution in [2.24, 2.45) is 0 Å². The number of H-pyrrole nitrogens is 1. The first-order valence-corrected chi connectivity index (χ1v) is 6.21. The van der Waals surface area contributed by atoms with E-state index in [2.05, 4.69) is 32.2 Å². The van der Waals surface area contributed by atoms with Crippen molar-refractivity contribution in [3.05, 3.63) is 48.2 Å². The lowest BCUT2D eigenvalue weighted by molar-refractivity contribution is 0.867. The highest BCUT2D eigenvalue weighted by atomic mass is 15.1. The third-order valence-corrected chi connectivity index (χ3v) is 3.10. The molecule has 0 spiro atoms. The molecule has 0 unspecified atom stereocenters. The normalized spacial score (nSPS) is 12.5. The second-order valence-corrected chi connectivity index (χ2v) is 4.59. The molecule has 2 N–H and O–H groups in total. The molecule has 3 aromatic heterocycles. The van der Waals surface area contributed by atoms with Crippen LogP contribution in [0.5, 0.6) is 0 Å². The van der Waals surface area contributed by atoms with Gasteiger partial charge in [0.05, 0.1) is 11.4 Å². The molecule has 3 rings (SSSR count). The second-order valence-electron chi connectivity index (χ2n) is 4.59. The molecule has 1 atom stereocenters. The molecule has 0 saturated carbocycles. The van der Waals surface area contributed by atoms with Crippen LogP contribution in [-0.2, 0) is 0 Å². The fourth-order valence-corrected chi connectivity index (χ4v) is 2.11. The van der Waals surface area contributed by atoms with E-state index in [1.54, 1.807) is 12.5 Å². The molecule has 5 heteroatoms. The molecule has 3 aromatic rings. The minimum Gasteiger partial charge on any atom is -0.363 e. The Morgan fingerprint density at radius 2 is 2.21 bits per heavy atom. The van der Waals surface area contributed by atoms with Crippen LogP contribution in [0.3, 0.4) is 0 Å². The zero-order chi connectivity index (χ0) is 13.2. The quantitative estimate of drug-likeness (QED) is 0.753. The summed E-state index contributed by atoms with van der Waals surface area (Å²) in [5.74, 6) is 0.839. The summed E-state index contributed by atoms with van der Waals surface area (Å²) in [6.45, 7) is 4.10. The van der Waals surface area contributed by atoms with Crippen molar-refractivity contribution in [1.82, 2.24) is 19.9 Å². The Morgan fingerprint density at radius 3 is 3.00 bits per heavy atom. The van der Waals surface area contributed by atoms with E-state index < -0.39 is 0 Å². The summed E-state index contributed by atoms with van der Waals surface area (Å²) in [6, 6.07) is 6.17. The first kappa shape index (κ1) is 11.6. The summed E-state index contributed by atoms with van der Waals surface area (Å²) < 4.78 is 0. The maximum atomic E-state index is 4.32. The van der Waals surface area contributed by atoms with Gasteiger partial charge >= 0.3 is 0 Å². The maximum Gasteiger partial charge on any atom is 0.143 e. The summed E-state index contributed by atoms with van der Waals surface area (Å²) in [5.41, 5.74) is 3.06. The fraction of sp³-hybridized carbons (Fsp3) is 0.214. The molecule has 0 aliphatic rings. The number of hydrogen-bond donors (Lipinski definition) is 2. The van der Waals surface area contributed by atoms with Gasteiger partial charge in [0.15, 0.2) is 0 Å². The second kappa shape index (κ2) is 4.68. The predicted octanol–water partition coefficient (Wildman–Crippen LogP) is 2.83. The molecule has 0 aliphatic carbocycles. The monoisotopic (exact) mass is 253 g/mol. The molecule has 0 radical (unpaired) electrons. The van der Waals surface area contributed by atoms with Crippen molar-refractivity contribution in [2.75, 3.05) is 5.32 Å². The average molecular weight is 253 g/mol. The van der Waals surface area contributed by atoms with E-state index in [4.69, 9.17) is 0 Å². The zero-order valence-electron chi connectivity index (χ0n) is 10.9. The van der Waals surface area contributed by atoms with Gasteiger partial charge in [-0.3, -0.25) is 4.98 Å². The van der Waals surface area contributed by atoms with Gasteiger partial charge in [0.25, 0.3) is 0 Å². The highest BCUT2D eigenvalue weighted by molar-refractivity contribution is 5.87. The highest BCUT2D eigenvalue weighted by Crippen LogP contribution is 2.24. The van der Waals surface area contributed by atoms with Gasteiger partial charge in [-0.1, -0.05) is 6.07 Å². The van der Waals surface area contributed by atoms with Gasteiger partial charge < -0.3 is 10.3 Å².